The SMILES string of the molecule is NC1Oc2cnccc2C1(N)c1cc(F)c(F)cc1F. The lowest BCUT2D eigenvalue weighted by Gasteiger charge is -2.28. The van der Waals surface area contributed by atoms with Crippen molar-refractivity contribution >= 4 is 0 Å². The van der Waals surface area contributed by atoms with Crippen LogP contribution in [0.5, 0.6) is 5.75 Å². The summed E-state index contributed by atoms with van der Waals surface area (Å²) in [5, 5.41) is 0. The molecule has 1 aromatic carbocycles. The van der Waals surface area contributed by atoms with Crippen LogP contribution < -0.4 is 16.2 Å². The smallest absolute Gasteiger partial charge is 0.174 e. The van der Waals surface area contributed by atoms with Crippen molar-refractivity contribution in [1.29, 1.82) is 0 Å². The molecule has 0 saturated carbocycles. The van der Waals surface area contributed by atoms with Gasteiger partial charge in [-0.15, -0.1) is 0 Å². The number of hydrogen-bond donors (Lipinski definition) is 2. The van der Waals surface area contributed by atoms with E-state index in [1.807, 2.05) is 0 Å². The largest absolute Gasteiger partial charge is 0.471 e. The van der Waals surface area contributed by atoms with E-state index in [2.05, 4.69) is 4.98 Å². The number of ether oxygens (including phenoxy) is 1. The van der Waals surface area contributed by atoms with Crippen molar-refractivity contribution < 1.29 is 17.9 Å². The number of halogens is 3. The predicted octanol–water partition coefficient (Wildman–Crippen LogP) is 1.38. The molecule has 0 fully saturated rings. The number of pyridine rings is 1. The molecular formula is C13H10F3N3O. The molecule has 1 aliphatic heterocycles. The zero-order valence-electron chi connectivity index (χ0n) is 10.1. The van der Waals surface area contributed by atoms with Crippen LogP contribution in [0.3, 0.4) is 0 Å². The first-order valence-electron chi connectivity index (χ1n) is 5.75. The normalized spacial score (nSPS) is 24.4. The van der Waals surface area contributed by atoms with Gasteiger partial charge in [0.25, 0.3) is 0 Å². The monoisotopic (exact) mass is 281 g/mol. The van der Waals surface area contributed by atoms with Crippen LogP contribution in [0.1, 0.15) is 11.1 Å². The van der Waals surface area contributed by atoms with E-state index in [1.165, 1.54) is 18.5 Å². The molecule has 2 aromatic rings. The molecular weight excluding hydrogens is 271 g/mol. The maximum atomic E-state index is 14.0. The van der Waals surface area contributed by atoms with Crippen molar-refractivity contribution in [3.63, 3.8) is 0 Å². The Hall–Kier alpha value is -2.12. The molecule has 1 aromatic heterocycles. The minimum absolute atomic E-state index is 0.270. The molecule has 1 aliphatic rings. The summed E-state index contributed by atoms with van der Waals surface area (Å²) in [5.74, 6) is -3.21. The third-order valence-electron chi connectivity index (χ3n) is 3.39. The Morgan fingerprint density at radius 3 is 2.55 bits per heavy atom. The summed E-state index contributed by atoms with van der Waals surface area (Å²) >= 11 is 0. The first-order valence-corrected chi connectivity index (χ1v) is 5.75. The minimum atomic E-state index is -1.61. The summed E-state index contributed by atoms with van der Waals surface area (Å²) in [6.45, 7) is 0. The molecule has 2 atom stereocenters. The third kappa shape index (κ3) is 1.60. The van der Waals surface area contributed by atoms with E-state index >= 15 is 0 Å². The van der Waals surface area contributed by atoms with E-state index in [9.17, 15) is 13.2 Å². The van der Waals surface area contributed by atoms with Gasteiger partial charge in [0.2, 0.25) is 0 Å². The number of nitrogens with zero attached hydrogens (tertiary/aromatic N) is 1. The van der Waals surface area contributed by atoms with Crippen LogP contribution in [0.25, 0.3) is 0 Å². The second-order valence-corrected chi connectivity index (χ2v) is 4.53. The molecule has 4 nitrogen and oxygen atoms in total. The summed E-state index contributed by atoms with van der Waals surface area (Å²) in [4.78, 5) is 3.84. The van der Waals surface area contributed by atoms with Crippen molar-refractivity contribution in [1.82, 2.24) is 4.98 Å². The van der Waals surface area contributed by atoms with Crippen molar-refractivity contribution in [2.24, 2.45) is 11.5 Å². The molecule has 7 heteroatoms. The summed E-state index contributed by atoms with van der Waals surface area (Å²) in [6, 6.07) is 2.64. The van der Waals surface area contributed by atoms with Crippen molar-refractivity contribution in [3.8, 4) is 5.75 Å². The second-order valence-electron chi connectivity index (χ2n) is 4.53. The fourth-order valence-electron chi connectivity index (χ4n) is 2.34. The van der Waals surface area contributed by atoms with Gasteiger partial charge in [0, 0.05) is 23.4 Å². The molecule has 4 N–H and O–H groups in total. The number of hydrogen-bond acceptors (Lipinski definition) is 4. The van der Waals surface area contributed by atoms with Gasteiger partial charge in [-0.05, 0) is 12.1 Å². The zero-order chi connectivity index (χ0) is 14.5. The van der Waals surface area contributed by atoms with E-state index in [4.69, 9.17) is 16.2 Å². The number of fused-ring (bicyclic) bond motifs is 1. The molecule has 0 spiro atoms. The standard InChI is InChI=1S/C13H10F3N3O/c14-8-4-10(16)9(15)3-7(8)13(18)6-1-2-19-5-11(6)20-12(13)17/h1-5,12H,17-18H2. The maximum absolute atomic E-state index is 14.0. The van der Waals surface area contributed by atoms with Crippen LogP contribution in [0.2, 0.25) is 0 Å². The molecule has 0 bridgehead atoms. The highest BCUT2D eigenvalue weighted by Gasteiger charge is 2.47. The van der Waals surface area contributed by atoms with Crippen LogP contribution in [-0.4, -0.2) is 11.2 Å². The van der Waals surface area contributed by atoms with Crippen LogP contribution >= 0.6 is 0 Å². The fourth-order valence-corrected chi connectivity index (χ4v) is 2.34. The van der Waals surface area contributed by atoms with Gasteiger partial charge in [-0.3, -0.25) is 10.7 Å². The van der Waals surface area contributed by atoms with Gasteiger partial charge in [0.15, 0.2) is 17.9 Å². The van der Waals surface area contributed by atoms with E-state index in [1.54, 1.807) is 0 Å². The van der Waals surface area contributed by atoms with Gasteiger partial charge in [-0.2, -0.15) is 0 Å². The minimum Gasteiger partial charge on any atom is -0.471 e. The number of aromatic nitrogens is 1. The second kappa shape index (κ2) is 4.19. The van der Waals surface area contributed by atoms with E-state index in [0.717, 1.165) is 0 Å². The van der Waals surface area contributed by atoms with Crippen molar-refractivity contribution in [2.75, 3.05) is 0 Å². The van der Waals surface area contributed by atoms with Gasteiger partial charge < -0.3 is 10.5 Å². The molecule has 0 saturated heterocycles. The lowest BCUT2D eigenvalue weighted by Crippen LogP contribution is -2.52. The third-order valence-corrected chi connectivity index (χ3v) is 3.39. The highest BCUT2D eigenvalue weighted by atomic mass is 19.2. The first-order chi connectivity index (χ1) is 9.44. The summed E-state index contributed by atoms with van der Waals surface area (Å²) in [7, 11) is 0. The van der Waals surface area contributed by atoms with E-state index < -0.39 is 29.2 Å². The average molecular weight is 281 g/mol. The Labute approximate surface area is 112 Å². The van der Waals surface area contributed by atoms with Gasteiger partial charge in [0.1, 0.15) is 17.1 Å². The van der Waals surface area contributed by atoms with Crippen LogP contribution in [0, 0.1) is 17.5 Å². The topological polar surface area (TPSA) is 74.2 Å². The van der Waals surface area contributed by atoms with E-state index in [0.29, 0.717) is 17.7 Å². The van der Waals surface area contributed by atoms with Crippen molar-refractivity contribution in [2.45, 2.75) is 11.8 Å². The lowest BCUT2D eigenvalue weighted by molar-refractivity contribution is 0.174. The molecule has 0 radical (unpaired) electrons. The predicted molar refractivity (Wildman–Crippen MR) is 64.1 cm³/mol. The lowest BCUT2D eigenvalue weighted by atomic mass is 9.83. The molecule has 3 rings (SSSR count). The van der Waals surface area contributed by atoms with Gasteiger partial charge >= 0.3 is 0 Å². The Bertz CT molecular complexity index is 695. The molecule has 20 heavy (non-hydrogen) atoms. The van der Waals surface area contributed by atoms with Gasteiger partial charge in [-0.25, -0.2) is 13.2 Å². The van der Waals surface area contributed by atoms with Crippen LogP contribution in [0.4, 0.5) is 13.2 Å². The van der Waals surface area contributed by atoms with Crippen LogP contribution in [0.15, 0.2) is 30.6 Å². The molecule has 2 unspecified atom stereocenters. The average Bonchev–Trinajstić information content (AvgIpc) is 2.67. The number of nitrogens with two attached hydrogens (primary N) is 2. The van der Waals surface area contributed by atoms with Gasteiger partial charge in [0.05, 0.1) is 6.20 Å². The van der Waals surface area contributed by atoms with Crippen molar-refractivity contribution in [3.05, 3.63) is 59.2 Å². The Balaban J connectivity index is 2.25. The molecule has 2 heterocycles. The quantitative estimate of drug-likeness (QED) is 0.774. The number of rotatable bonds is 1. The summed E-state index contributed by atoms with van der Waals surface area (Å²) in [6.07, 6.45) is 1.67. The Morgan fingerprint density at radius 1 is 1.10 bits per heavy atom. The van der Waals surface area contributed by atoms with E-state index in [-0.39, 0.29) is 11.3 Å². The zero-order valence-corrected chi connectivity index (χ0v) is 10.1. The molecule has 0 amide bonds. The molecule has 104 valence electrons. The highest BCUT2D eigenvalue weighted by Crippen LogP contribution is 2.42. The Morgan fingerprint density at radius 2 is 1.80 bits per heavy atom. The Kier molecular flexibility index (Phi) is 2.70. The first kappa shape index (κ1) is 12.9. The number of benzene rings is 1. The summed E-state index contributed by atoms with van der Waals surface area (Å²) in [5.41, 5.74) is 10.4. The highest BCUT2D eigenvalue weighted by molar-refractivity contribution is 5.50. The fraction of sp³-hybridized carbons (Fsp3) is 0.154. The summed E-state index contributed by atoms with van der Waals surface area (Å²) < 4.78 is 45.7. The maximum Gasteiger partial charge on any atom is 0.174 e. The van der Waals surface area contributed by atoms with Crippen LogP contribution in [-0.2, 0) is 5.54 Å². The molecule has 0 aliphatic carbocycles. The van der Waals surface area contributed by atoms with Gasteiger partial charge in [-0.1, -0.05) is 0 Å².